The van der Waals surface area contributed by atoms with E-state index >= 15 is 0 Å². The molecule has 1 aromatic carbocycles. The van der Waals surface area contributed by atoms with E-state index in [0.29, 0.717) is 0 Å². The van der Waals surface area contributed by atoms with Crippen LogP contribution in [0.5, 0.6) is 0 Å². The van der Waals surface area contributed by atoms with Crippen LogP contribution in [0, 0.1) is 0 Å². The first kappa shape index (κ1) is 9.85. The number of fused-ring (bicyclic) bond motifs is 2. The Bertz CT molecular complexity index is 842. The molecule has 86 valence electrons. The van der Waals surface area contributed by atoms with Gasteiger partial charge in [0.25, 0.3) is 0 Å². The lowest BCUT2D eigenvalue weighted by molar-refractivity contribution is 1.33. The third kappa shape index (κ3) is 1.38. The van der Waals surface area contributed by atoms with E-state index in [2.05, 4.69) is 51.7 Å². The van der Waals surface area contributed by atoms with Crippen molar-refractivity contribution in [3.8, 4) is 11.1 Å². The number of thiophene rings is 1. The first-order chi connectivity index (χ1) is 8.92. The maximum atomic E-state index is 4.45. The molecule has 3 aromatic heterocycles. The Balaban J connectivity index is 2.00. The molecule has 3 heteroatoms. The molecule has 0 aliphatic heterocycles. The molecule has 0 aliphatic rings. The van der Waals surface area contributed by atoms with E-state index in [-0.39, 0.29) is 0 Å². The maximum absolute atomic E-state index is 4.45. The second-order valence-electron chi connectivity index (χ2n) is 4.29. The molecule has 3 heterocycles. The van der Waals surface area contributed by atoms with E-state index in [4.69, 9.17) is 0 Å². The molecule has 4 rings (SSSR count). The SMILES string of the molecule is c1ccc2c(-c3cnc4[nH]ccc4c3)csc2c1. The second-order valence-corrected chi connectivity index (χ2v) is 5.20. The van der Waals surface area contributed by atoms with Gasteiger partial charge in [0.2, 0.25) is 0 Å². The summed E-state index contributed by atoms with van der Waals surface area (Å²) in [6.07, 6.45) is 3.86. The smallest absolute Gasteiger partial charge is 0.137 e. The lowest BCUT2D eigenvalue weighted by atomic mass is 10.1. The van der Waals surface area contributed by atoms with Crippen molar-refractivity contribution in [1.29, 1.82) is 0 Å². The average Bonchev–Trinajstić information content (AvgIpc) is 3.04. The number of pyridine rings is 1. The summed E-state index contributed by atoms with van der Waals surface area (Å²) >= 11 is 1.78. The van der Waals surface area contributed by atoms with Gasteiger partial charge in [-0.2, -0.15) is 0 Å². The van der Waals surface area contributed by atoms with Crippen molar-refractivity contribution in [3.05, 3.63) is 54.2 Å². The Morgan fingerprint density at radius 3 is 3.06 bits per heavy atom. The number of hydrogen-bond acceptors (Lipinski definition) is 2. The first-order valence-corrected chi connectivity index (χ1v) is 6.69. The Kier molecular flexibility index (Phi) is 2.02. The molecule has 1 N–H and O–H groups in total. The molecule has 0 amide bonds. The molecule has 0 radical (unpaired) electrons. The highest BCUT2D eigenvalue weighted by Crippen LogP contribution is 2.34. The third-order valence-corrected chi connectivity index (χ3v) is 4.16. The highest BCUT2D eigenvalue weighted by atomic mass is 32.1. The summed E-state index contributed by atoms with van der Waals surface area (Å²) in [6, 6.07) is 12.7. The molecule has 0 spiro atoms. The van der Waals surface area contributed by atoms with E-state index in [1.165, 1.54) is 21.2 Å². The number of aromatic amines is 1. The van der Waals surface area contributed by atoms with Gasteiger partial charge in [-0.1, -0.05) is 18.2 Å². The Labute approximate surface area is 108 Å². The fourth-order valence-corrected chi connectivity index (χ4v) is 3.26. The van der Waals surface area contributed by atoms with Crippen molar-refractivity contribution in [2.24, 2.45) is 0 Å². The number of nitrogens with zero attached hydrogens (tertiary/aromatic N) is 1. The van der Waals surface area contributed by atoms with Gasteiger partial charge in [0.15, 0.2) is 0 Å². The van der Waals surface area contributed by atoms with Crippen LogP contribution in [0.15, 0.2) is 54.2 Å². The van der Waals surface area contributed by atoms with Crippen LogP contribution >= 0.6 is 11.3 Å². The number of aromatic nitrogens is 2. The van der Waals surface area contributed by atoms with Gasteiger partial charge in [-0.05, 0) is 23.6 Å². The Morgan fingerprint density at radius 2 is 2.06 bits per heavy atom. The molecule has 0 bridgehead atoms. The zero-order chi connectivity index (χ0) is 11.9. The standard InChI is InChI=1S/C15H10N2S/c1-2-4-14-12(3-1)13(9-18-14)11-7-10-5-6-16-15(10)17-8-11/h1-9H,(H,16,17). The number of rotatable bonds is 1. The zero-order valence-corrected chi connectivity index (χ0v) is 10.4. The monoisotopic (exact) mass is 250 g/mol. The van der Waals surface area contributed by atoms with Gasteiger partial charge < -0.3 is 4.98 Å². The average molecular weight is 250 g/mol. The van der Waals surface area contributed by atoms with Gasteiger partial charge in [-0.15, -0.1) is 11.3 Å². The second kappa shape index (κ2) is 3.68. The van der Waals surface area contributed by atoms with Crippen LogP contribution in [-0.2, 0) is 0 Å². The summed E-state index contributed by atoms with van der Waals surface area (Å²) < 4.78 is 1.32. The van der Waals surface area contributed by atoms with Crippen LogP contribution in [0.2, 0.25) is 0 Å². The summed E-state index contributed by atoms with van der Waals surface area (Å²) in [5.41, 5.74) is 3.39. The van der Waals surface area contributed by atoms with Crippen molar-refractivity contribution in [3.63, 3.8) is 0 Å². The molecule has 0 fully saturated rings. The van der Waals surface area contributed by atoms with Crippen LogP contribution in [0.25, 0.3) is 32.2 Å². The molecule has 18 heavy (non-hydrogen) atoms. The van der Waals surface area contributed by atoms with E-state index in [0.717, 1.165) is 11.0 Å². The van der Waals surface area contributed by atoms with Gasteiger partial charge in [-0.25, -0.2) is 4.98 Å². The van der Waals surface area contributed by atoms with Crippen LogP contribution in [0.1, 0.15) is 0 Å². The van der Waals surface area contributed by atoms with E-state index < -0.39 is 0 Å². The molecular formula is C15H10N2S. The lowest BCUT2D eigenvalue weighted by Crippen LogP contribution is -1.80. The number of hydrogen-bond donors (Lipinski definition) is 1. The molecule has 2 nitrogen and oxygen atoms in total. The highest BCUT2D eigenvalue weighted by molar-refractivity contribution is 7.17. The summed E-state index contributed by atoms with van der Waals surface area (Å²) in [4.78, 5) is 7.57. The maximum Gasteiger partial charge on any atom is 0.137 e. The van der Waals surface area contributed by atoms with Crippen LogP contribution in [-0.4, -0.2) is 9.97 Å². The number of H-pyrrole nitrogens is 1. The normalized spacial score (nSPS) is 11.3. The third-order valence-electron chi connectivity index (χ3n) is 3.19. The van der Waals surface area contributed by atoms with Gasteiger partial charge >= 0.3 is 0 Å². The molecule has 0 aliphatic carbocycles. The van der Waals surface area contributed by atoms with Crippen LogP contribution in [0.4, 0.5) is 0 Å². The quantitative estimate of drug-likeness (QED) is 0.531. The topological polar surface area (TPSA) is 28.7 Å². The van der Waals surface area contributed by atoms with Crippen molar-refractivity contribution in [1.82, 2.24) is 9.97 Å². The minimum absolute atomic E-state index is 0.943. The Morgan fingerprint density at radius 1 is 1.11 bits per heavy atom. The van der Waals surface area contributed by atoms with Gasteiger partial charge in [0.1, 0.15) is 5.65 Å². The highest BCUT2D eigenvalue weighted by Gasteiger charge is 2.07. The van der Waals surface area contributed by atoms with Crippen molar-refractivity contribution < 1.29 is 0 Å². The Hall–Kier alpha value is -2.13. The van der Waals surface area contributed by atoms with Crippen LogP contribution in [0.3, 0.4) is 0 Å². The van der Waals surface area contributed by atoms with E-state index in [9.17, 15) is 0 Å². The first-order valence-electron chi connectivity index (χ1n) is 5.81. The minimum atomic E-state index is 0.943. The predicted molar refractivity (Wildman–Crippen MR) is 76.9 cm³/mol. The summed E-state index contributed by atoms with van der Waals surface area (Å²) in [7, 11) is 0. The number of benzene rings is 1. The van der Waals surface area contributed by atoms with Crippen molar-refractivity contribution >= 4 is 32.5 Å². The minimum Gasteiger partial charge on any atom is -0.346 e. The summed E-state index contributed by atoms with van der Waals surface area (Å²) in [5, 5.41) is 4.67. The molecule has 0 saturated carbocycles. The molecule has 4 aromatic rings. The predicted octanol–water partition coefficient (Wildman–Crippen LogP) is 4.44. The van der Waals surface area contributed by atoms with E-state index in [1.54, 1.807) is 11.3 Å². The van der Waals surface area contributed by atoms with Crippen molar-refractivity contribution in [2.75, 3.05) is 0 Å². The van der Waals surface area contributed by atoms with Crippen LogP contribution < -0.4 is 0 Å². The van der Waals surface area contributed by atoms with Gasteiger partial charge in [0.05, 0.1) is 0 Å². The fraction of sp³-hybridized carbons (Fsp3) is 0. The molecule has 0 saturated heterocycles. The zero-order valence-electron chi connectivity index (χ0n) is 9.55. The largest absolute Gasteiger partial charge is 0.346 e. The van der Waals surface area contributed by atoms with E-state index in [1.807, 2.05) is 12.4 Å². The lowest BCUT2D eigenvalue weighted by Gasteiger charge is -1.99. The number of nitrogens with one attached hydrogen (secondary N) is 1. The summed E-state index contributed by atoms with van der Waals surface area (Å²) in [5.74, 6) is 0. The van der Waals surface area contributed by atoms with Gasteiger partial charge in [0, 0.05) is 39.0 Å². The molecule has 0 atom stereocenters. The van der Waals surface area contributed by atoms with Crippen molar-refractivity contribution in [2.45, 2.75) is 0 Å². The summed E-state index contributed by atoms with van der Waals surface area (Å²) in [6.45, 7) is 0. The van der Waals surface area contributed by atoms with Gasteiger partial charge in [-0.3, -0.25) is 0 Å². The molecular weight excluding hydrogens is 240 g/mol. The fourth-order valence-electron chi connectivity index (χ4n) is 2.29. The molecule has 0 unspecified atom stereocenters.